The van der Waals surface area contributed by atoms with E-state index in [1.165, 1.54) is 13.0 Å². The third kappa shape index (κ3) is 4.73. The SMILES string of the molecule is CCCCOC(=O)C1=C(N)OC(C)=C(C(=O)OCc2ccccc2)C12C(=O)N(C(=O)OCC)c1ccccc12. The van der Waals surface area contributed by atoms with Crippen LogP contribution in [0.2, 0.25) is 0 Å². The molecule has 39 heavy (non-hydrogen) atoms. The van der Waals surface area contributed by atoms with Crippen molar-refractivity contribution in [3.05, 3.63) is 88.5 Å². The van der Waals surface area contributed by atoms with E-state index in [9.17, 15) is 19.2 Å². The molecule has 4 rings (SSSR count). The van der Waals surface area contributed by atoms with Crippen LogP contribution >= 0.6 is 0 Å². The van der Waals surface area contributed by atoms with E-state index < -0.39 is 40.8 Å². The van der Waals surface area contributed by atoms with Gasteiger partial charge in [-0.05, 0) is 31.9 Å². The minimum absolute atomic E-state index is 0.00831. The van der Waals surface area contributed by atoms with Crippen LogP contribution in [-0.4, -0.2) is 37.2 Å². The largest absolute Gasteiger partial charge is 0.462 e. The monoisotopic (exact) mass is 534 g/mol. The van der Waals surface area contributed by atoms with Gasteiger partial charge in [-0.2, -0.15) is 0 Å². The molecule has 0 fully saturated rings. The Bertz CT molecular complexity index is 1360. The van der Waals surface area contributed by atoms with Crippen LogP contribution in [0.4, 0.5) is 10.5 Å². The van der Waals surface area contributed by atoms with Gasteiger partial charge in [0.05, 0.1) is 18.9 Å². The molecular formula is C29H30N2O8. The standard InChI is InChI=1S/C29H30N2O8/c1-4-6-16-37-26(33)23-24(30)39-18(3)22(25(32)38-17-19-12-8-7-9-13-19)29(23)20-14-10-11-15-21(20)31(27(29)34)28(35)36-5-2/h7-15H,4-6,16-17,30H2,1-3H3. The number of fused-ring (bicyclic) bond motifs is 2. The van der Waals surface area contributed by atoms with E-state index in [0.29, 0.717) is 12.0 Å². The topological polar surface area (TPSA) is 134 Å². The molecule has 0 saturated carbocycles. The highest BCUT2D eigenvalue weighted by molar-refractivity contribution is 6.29. The van der Waals surface area contributed by atoms with Gasteiger partial charge in [0.1, 0.15) is 28.9 Å². The number of hydrogen-bond acceptors (Lipinski definition) is 9. The normalized spacial score (nSPS) is 18.1. The minimum Gasteiger partial charge on any atom is -0.462 e. The molecule has 1 spiro atoms. The van der Waals surface area contributed by atoms with E-state index in [-0.39, 0.29) is 42.4 Å². The van der Waals surface area contributed by atoms with E-state index in [1.807, 2.05) is 13.0 Å². The van der Waals surface area contributed by atoms with Crippen LogP contribution in [0.5, 0.6) is 0 Å². The molecule has 0 aliphatic carbocycles. The Hall–Kier alpha value is -4.60. The number of carbonyl (C=O) groups is 4. The molecule has 0 radical (unpaired) electrons. The third-order valence-corrected chi connectivity index (χ3v) is 6.49. The molecule has 2 amide bonds. The van der Waals surface area contributed by atoms with Crippen molar-refractivity contribution in [3.8, 4) is 0 Å². The number of nitrogens with two attached hydrogens (primary N) is 1. The number of benzene rings is 2. The fraction of sp³-hybridized carbons (Fsp3) is 0.310. The Kier molecular flexibility index (Phi) is 8.04. The van der Waals surface area contributed by atoms with Gasteiger partial charge >= 0.3 is 18.0 Å². The zero-order valence-electron chi connectivity index (χ0n) is 22.0. The molecule has 2 aromatic carbocycles. The summed E-state index contributed by atoms with van der Waals surface area (Å²) in [6.45, 7) is 4.89. The lowest BCUT2D eigenvalue weighted by molar-refractivity contribution is -0.144. The van der Waals surface area contributed by atoms with Crippen molar-refractivity contribution in [2.75, 3.05) is 18.1 Å². The van der Waals surface area contributed by atoms with Gasteiger partial charge in [-0.3, -0.25) is 4.79 Å². The summed E-state index contributed by atoms with van der Waals surface area (Å²) in [6, 6.07) is 15.3. The van der Waals surface area contributed by atoms with Gasteiger partial charge in [0.2, 0.25) is 5.88 Å². The van der Waals surface area contributed by atoms with Gasteiger partial charge in [0.15, 0.2) is 0 Å². The Morgan fingerprint density at radius 3 is 2.28 bits per heavy atom. The quantitative estimate of drug-likeness (QED) is 0.303. The first-order valence-corrected chi connectivity index (χ1v) is 12.7. The van der Waals surface area contributed by atoms with Crippen molar-refractivity contribution in [2.45, 2.75) is 45.6 Å². The summed E-state index contributed by atoms with van der Waals surface area (Å²) in [7, 11) is 0. The number of para-hydroxylation sites is 1. The molecule has 1 atom stereocenters. The van der Waals surface area contributed by atoms with Crippen molar-refractivity contribution < 1.29 is 38.1 Å². The lowest BCUT2D eigenvalue weighted by Crippen LogP contribution is -2.52. The summed E-state index contributed by atoms with van der Waals surface area (Å²) in [5.74, 6) is -3.26. The molecule has 0 bridgehead atoms. The van der Waals surface area contributed by atoms with Crippen molar-refractivity contribution in [1.82, 2.24) is 0 Å². The molecule has 2 aliphatic rings. The number of amides is 2. The van der Waals surface area contributed by atoms with Gasteiger partial charge in [0, 0.05) is 5.56 Å². The number of allylic oxidation sites excluding steroid dienone is 1. The van der Waals surface area contributed by atoms with E-state index in [0.717, 1.165) is 11.3 Å². The van der Waals surface area contributed by atoms with Gasteiger partial charge in [-0.15, -0.1) is 0 Å². The predicted molar refractivity (Wildman–Crippen MR) is 140 cm³/mol. The highest BCUT2D eigenvalue weighted by Crippen LogP contribution is 2.54. The number of unbranched alkanes of at least 4 members (excludes halogenated alkanes) is 1. The highest BCUT2D eigenvalue weighted by Gasteiger charge is 2.65. The van der Waals surface area contributed by atoms with Crippen LogP contribution < -0.4 is 10.6 Å². The number of rotatable bonds is 8. The molecule has 2 N–H and O–H groups in total. The van der Waals surface area contributed by atoms with Crippen molar-refractivity contribution >= 4 is 29.6 Å². The van der Waals surface area contributed by atoms with Gasteiger partial charge in [-0.25, -0.2) is 19.3 Å². The van der Waals surface area contributed by atoms with Crippen molar-refractivity contribution in [1.29, 1.82) is 0 Å². The van der Waals surface area contributed by atoms with Crippen LogP contribution in [-0.2, 0) is 45.4 Å². The van der Waals surface area contributed by atoms with Crippen LogP contribution in [0.3, 0.4) is 0 Å². The summed E-state index contributed by atoms with van der Waals surface area (Å²) in [6.07, 6.45) is 0.343. The van der Waals surface area contributed by atoms with E-state index in [4.69, 9.17) is 24.7 Å². The second kappa shape index (κ2) is 11.4. The number of esters is 2. The van der Waals surface area contributed by atoms with Crippen molar-refractivity contribution in [2.24, 2.45) is 5.73 Å². The summed E-state index contributed by atoms with van der Waals surface area (Å²) in [5, 5.41) is 0. The molecule has 2 aromatic rings. The highest BCUT2D eigenvalue weighted by atomic mass is 16.6. The number of imide groups is 1. The molecular weight excluding hydrogens is 504 g/mol. The molecule has 10 heteroatoms. The average molecular weight is 535 g/mol. The fourth-order valence-electron chi connectivity index (χ4n) is 4.80. The molecule has 10 nitrogen and oxygen atoms in total. The maximum atomic E-state index is 14.4. The van der Waals surface area contributed by atoms with Crippen molar-refractivity contribution in [3.63, 3.8) is 0 Å². The second-order valence-electron chi connectivity index (χ2n) is 8.93. The first-order valence-electron chi connectivity index (χ1n) is 12.7. The first-order chi connectivity index (χ1) is 18.8. The van der Waals surface area contributed by atoms with Crippen LogP contribution in [0.15, 0.2) is 77.4 Å². The Labute approximate surface area is 226 Å². The lowest BCUT2D eigenvalue weighted by atomic mass is 9.67. The van der Waals surface area contributed by atoms with E-state index in [2.05, 4.69) is 0 Å². The van der Waals surface area contributed by atoms with Crippen LogP contribution in [0.25, 0.3) is 0 Å². The van der Waals surface area contributed by atoms with E-state index >= 15 is 0 Å². The summed E-state index contributed by atoms with van der Waals surface area (Å²) in [4.78, 5) is 55.6. The Morgan fingerprint density at radius 2 is 1.59 bits per heavy atom. The molecule has 2 aliphatic heterocycles. The van der Waals surface area contributed by atoms with Gasteiger partial charge < -0.3 is 24.7 Å². The zero-order valence-corrected chi connectivity index (χ0v) is 22.0. The summed E-state index contributed by atoms with van der Waals surface area (Å²) < 4.78 is 21.9. The molecule has 0 aromatic heterocycles. The van der Waals surface area contributed by atoms with Crippen LogP contribution in [0, 0.1) is 0 Å². The lowest BCUT2D eigenvalue weighted by Gasteiger charge is -2.36. The first kappa shape index (κ1) is 27.4. The number of ether oxygens (including phenoxy) is 4. The molecule has 2 heterocycles. The predicted octanol–water partition coefficient (Wildman–Crippen LogP) is 3.99. The number of anilines is 1. The molecule has 204 valence electrons. The van der Waals surface area contributed by atoms with E-state index in [1.54, 1.807) is 49.4 Å². The Morgan fingerprint density at radius 1 is 0.923 bits per heavy atom. The zero-order chi connectivity index (χ0) is 28.2. The maximum Gasteiger partial charge on any atom is 0.421 e. The smallest absolute Gasteiger partial charge is 0.421 e. The van der Waals surface area contributed by atoms with Gasteiger partial charge in [-0.1, -0.05) is 61.9 Å². The summed E-state index contributed by atoms with van der Waals surface area (Å²) >= 11 is 0. The molecule has 1 unspecified atom stereocenters. The Balaban J connectivity index is 1.91. The molecule has 0 saturated heterocycles. The van der Waals surface area contributed by atoms with Gasteiger partial charge in [0.25, 0.3) is 5.91 Å². The number of hydrogen-bond donors (Lipinski definition) is 1. The number of nitrogens with zero attached hydrogens (tertiary/aromatic N) is 1. The number of carbonyl (C=O) groups excluding carboxylic acids is 4. The maximum absolute atomic E-state index is 14.4. The summed E-state index contributed by atoms with van der Waals surface area (Å²) in [5.41, 5.74) is 4.39. The minimum atomic E-state index is -2.17. The third-order valence-electron chi connectivity index (χ3n) is 6.49. The average Bonchev–Trinajstić information content (AvgIpc) is 3.16. The van der Waals surface area contributed by atoms with Crippen LogP contribution in [0.1, 0.15) is 44.7 Å². The fourth-order valence-corrected chi connectivity index (χ4v) is 4.80. The second-order valence-corrected chi connectivity index (χ2v) is 8.93.